The van der Waals surface area contributed by atoms with Gasteiger partial charge in [-0.25, -0.2) is 9.37 Å². The minimum atomic E-state index is -0.498. The number of carbonyl (C=O) groups excluding carboxylic acids is 1. The van der Waals surface area contributed by atoms with Crippen molar-refractivity contribution >= 4 is 18.2 Å². The molecule has 0 fully saturated rings. The van der Waals surface area contributed by atoms with Crippen LogP contribution in [0.3, 0.4) is 0 Å². The molecule has 1 aromatic heterocycles. The monoisotopic (exact) mass is 591 g/mol. The van der Waals surface area contributed by atoms with E-state index in [-0.39, 0.29) is 51.2 Å². The number of aromatic nitrogens is 2. The summed E-state index contributed by atoms with van der Waals surface area (Å²) >= 11 is 0. The van der Waals surface area contributed by atoms with Crippen molar-refractivity contribution in [3.63, 3.8) is 0 Å². The first-order chi connectivity index (χ1) is 17.9. The largest absolute Gasteiger partial charge is 3.00 e. The van der Waals surface area contributed by atoms with Gasteiger partial charge in [0.25, 0.3) is 0 Å². The molecule has 1 unspecified atom stereocenters. The molecule has 0 radical (unpaired) electrons. The molecule has 0 bridgehead atoms. The van der Waals surface area contributed by atoms with E-state index in [0.29, 0.717) is 29.9 Å². The fourth-order valence-electron chi connectivity index (χ4n) is 3.83. The summed E-state index contributed by atoms with van der Waals surface area (Å²) in [6, 6.07) is 10.6. The molecule has 1 aliphatic rings. The van der Waals surface area contributed by atoms with Crippen molar-refractivity contribution in [2.75, 3.05) is 32.2 Å². The third kappa shape index (κ3) is 7.07. The zero-order chi connectivity index (χ0) is 26.9. The summed E-state index contributed by atoms with van der Waals surface area (Å²) in [6.07, 6.45) is 7.15. The molecule has 0 saturated carbocycles. The van der Waals surface area contributed by atoms with Crippen LogP contribution in [-0.4, -0.2) is 47.6 Å². The van der Waals surface area contributed by atoms with Crippen LogP contribution in [-0.2, 0) is 42.2 Å². The number of aryl methyl sites for hydroxylation is 1. The van der Waals surface area contributed by atoms with Crippen LogP contribution in [0.4, 0.5) is 10.1 Å². The van der Waals surface area contributed by atoms with Gasteiger partial charge in [-0.15, -0.1) is 11.1 Å². The van der Waals surface area contributed by atoms with Gasteiger partial charge >= 0.3 is 32.7 Å². The van der Waals surface area contributed by atoms with E-state index in [4.69, 9.17) is 10.00 Å². The molecule has 1 aliphatic heterocycles. The minimum absolute atomic E-state index is 0. The van der Waals surface area contributed by atoms with E-state index >= 15 is 0 Å². The molecule has 8 nitrogen and oxygen atoms in total. The van der Waals surface area contributed by atoms with Gasteiger partial charge in [-0.05, 0) is 24.6 Å². The second kappa shape index (κ2) is 14.8. The first kappa shape index (κ1) is 31.2. The van der Waals surface area contributed by atoms with Crippen LogP contribution in [0, 0.1) is 44.8 Å². The number of halogens is 1. The van der Waals surface area contributed by atoms with Gasteiger partial charge in [0.05, 0.1) is 18.2 Å². The zero-order valence-electron chi connectivity index (χ0n) is 21.7. The predicted octanol–water partition coefficient (Wildman–Crippen LogP) is 4.82. The van der Waals surface area contributed by atoms with E-state index in [1.165, 1.54) is 6.07 Å². The van der Waals surface area contributed by atoms with Crippen molar-refractivity contribution < 1.29 is 51.4 Å². The Hall–Kier alpha value is -3.06. The molecule has 2 heterocycles. The van der Waals surface area contributed by atoms with E-state index in [9.17, 15) is 9.18 Å². The van der Waals surface area contributed by atoms with Gasteiger partial charge in [0.2, 0.25) is 0 Å². The van der Waals surface area contributed by atoms with E-state index in [2.05, 4.69) is 28.9 Å². The average Bonchev–Trinajstić information content (AvgIpc) is 3.32. The number of hydrogen-bond acceptors (Lipinski definition) is 7. The normalized spacial score (nSPS) is 13.4. The number of nitrogens with zero attached hydrogens (tertiary/aromatic N) is 4. The van der Waals surface area contributed by atoms with Crippen molar-refractivity contribution in [2.24, 2.45) is 0 Å². The summed E-state index contributed by atoms with van der Waals surface area (Å²) in [6.45, 7) is 11.2. The Balaban J connectivity index is 0.000000774. The van der Waals surface area contributed by atoms with Gasteiger partial charge in [0.15, 0.2) is 30.2 Å². The molecule has 2 aromatic carbocycles. The number of imidazole rings is 1. The van der Waals surface area contributed by atoms with E-state index < -0.39 is 5.82 Å². The summed E-state index contributed by atoms with van der Waals surface area (Å²) in [5.41, 5.74) is 4.02. The Labute approximate surface area is 248 Å². The second-order valence-electron chi connectivity index (χ2n) is 8.12. The smallest absolute Gasteiger partial charge is 0.476 e. The molecule has 0 amide bonds. The molecule has 4 rings (SSSR count). The van der Waals surface area contributed by atoms with Crippen LogP contribution in [0.2, 0.25) is 0 Å². The first-order valence-corrected chi connectivity index (χ1v) is 11.5. The predicted molar refractivity (Wildman–Crippen MR) is 140 cm³/mol. The van der Waals surface area contributed by atoms with Crippen LogP contribution in [0.15, 0.2) is 42.7 Å². The Morgan fingerprint density at radius 2 is 1.95 bits per heavy atom. The number of anilines is 1. The molecule has 194 valence electrons. The van der Waals surface area contributed by atoms with Crippen LogP contribution >= 0.6 is 0 Å². The van der Waals surface area contributed by atoms with Crippen molar-refractivity contribution in [1.29, 1.82) is 5.26 Å². The molecular formula is C28H29FN5O3Y. The molecular weight excluding hydrogens is 562 g/mol. The van der Waals surface area contributed by atoms with Gasteiger partial charge < -0.3 is 38.3 Å². The average molecular weight is 591 g/mol. The zero-order valence-corrected chi connectivity index (χ0v) is 24.5. The van der Waals surface area contributed by atoms with Gasteiger partial charge in [0, 0.05) is 30.7 Å². The minimum Gasteiger partial charge on any atom is -0.476 e. The summed E-state index contributed by atoms with van der Waals surface area (Å²) in [5.74, 6) is 0.285. The maximum absolute atomic E-state index is 14.8. The molecule has 1 atom stereocenters. The van der Waals surface area contributed by atoms with Crippen LogP contribution in [0.5, 0.6) is 5.75 Å². The SMILES string of the molecule is Cc1cc(NC2c3ncc(-c4ccc(OCC#N)c(F)c4C)n3C=CN2C)ccc1[C-]=O.[CH2-]COC[CH2-].[Y+3]. The standard InChI is InChI=1S/C24H21FN5O2.C4H8O.Y/c1-15-12-18(5-4-17(15)14-31)28-24-23-27-13-20(30(23)10-9-29(24)3)19-6-7-21(32-11-8-26)22(25)16(19)2;1-3-5-4-2;/h4-7,9-10,12-13,24,28H,11H2,1-3H3;1-4H2;/q-1;-2;+3. The first-order valence-electron chi connectivity index (χ1n) is 11.5. The van der Waals surface area contributed by atoms with Crippen molar-refractivity contribution in [1.82, 2.24) is 14.5 Å². The second-order valence-corrected chi connectivity index (χ2v) is 8.12. The summed E-state index contributed by atoms with van der Waals surface area (Å²) in [5, 5.41) is 12.1. The van der Waals surface area contributed by atoms with Crippen LogP contribution in [0.1, 0.15) is 28.7 Å². The van der Waals surface area contributed by atoms with Crippen LogP contribution < -0.4 is 10.1 Å². The molecule has 38 heavy (non-hydrogen) atoms. The molecule has 3 aromatic rings. The topological polar surface area (TPSA) is 92.4 Å². The van der Waals surface area contributed by atoms with Gasteiger partial charge in [-0.1, -0.05) is 32.3 Å². The van der Waals surface area contributed by atoms with Crippen molar-refractivity contribution in [3.8, 4) is 23.1 Å². The summed E-state index contributed by atoms with van der Waals surface area (Å²) < 4.78 is 26.5. The fraction of sp³-hybridized carbons (Fsp3) is 0.250. The summed E-state index contributed by atoms with van der Waals surface area (Å²) in [4.78, 5) is 17.6. The van der Waals surface area contributed by atoms with Gasteiger partial charge in [0.1, 0.15) is 6.07 Å². The third-order valence-electron chi connectivity index (χ3n) is 5.78. The van der Waals surface area contributed by atoms with Gasteiger partial charge in [-0.3, -0.25) is 4.57 Å². The molecule has 10 heteroatoms. The van der Waals surface area contributed by atoms with E-state index in [0.717, 1.165) is 22.8 Å². The number of ether oxygens (including phenoxy) is 2. The number of rotatable bonds is 8. The Morgan fingerprint density at radius 3 is 2.55 bits per heavy atom. The quantitative estimate of drug-likeness (QED) is 0.376. The summed E-state index contributed by atoms with van der Waals surface area (Å²) in [7, 11) is 1.93. The maximum atomic E-state index is 14.8. The number of benzene rings is 2. The molecule has 0 spiro atoms. The van der Waals surface area contributed by atoms with Crippen molar-refractivity contribution in [3.05, 3.63) is 84.9 Å². The maximum Gasteiger partial charge on any atom is 3.00 e. The van der Waals surface area contributed by atoms with Crippen molar-refractivity contribution in [2.45, 2.75) is 20.0 Å². The molecule has 0 aliphatic carbocycles. The van der Waals surface area contributed by atoms with E-state index in [1.54, 1.807) is 25.3 Å². The molecule has 0 saturated heterocycles. The number of fused-ring (bicyclic) bond motifs is 1. The Bertz CT molecular complexity index is 1320. The number of nitrogens with one attached hydrogen (secondary N) is 1. The number of nitriles is 1. The molecule has 1 N–H and O–H groups in total. The number of hydrogen-bond donors (Lipinski definition) is 1. The third-order valence-corrected chi connectivity index (χ3v) is 5.78. The fourth-order valence-corrected chi connectivity index (χ4v) is 3.83. The van der Waals surface area contributed by atoms with Gasteiger partial charge in [-0.2, -0.15) is 11.3 Å². The van der Waals surface area contributed by atoms with E-state index in [1.807, 2.05) is 60.3 Å². The van der Waals surface area contributed by atoms with Crippen LogP contribution in [0.25, 0.3) is 17.5 Å². The Morgan fingerprint density at radius 1 is 1.21 bits per heavy atom. The Kier molecular flexibility index (Phi) is 12.1.